The van der Waals surface area contributed by atoms with E-state index in [4.69, 9.17) is 0 Å². The molecule has 1 N–H and O–H groups in total. The van der Waals surface area contributed by atoms with Gasteiger partial charge in [0.05, 0.1) is 6.04 Å². The molecule has 2 nitrogen and oxygen atoms in total. The van der Waals surface area contributed by atoms with Gasteiger partial charge in [0.15, 0.2) is 0 Å². The molecule has 1 atom stereocenters. The van der Waals surface area contributed by atoms with E-state index in [9.17, 15) is 4.79 Å². The van der Waals surface area contributed by atoms with Gasteiger partial charge in [-0.3, -0.25) is 4.79 Å². The minimum atomic E-state index is 0.0341. The Hall–Kier alpha value is -1.57. The average Bonchev–Trinajstić information content (AvgIpc) is 2.44. The maximum atomic E-state index is 11.5. The lowest BCUT2D eigenvalue weighted by molar-refractivity contribution is 0.0956. The van der Waals surface area contributed by atoms with E-state index in [2.05, 4.69) is 11.9 Å². The summed E-state index contributed by atoms with van der Waals surface area (Å²) in [6.45, 7) is 5.84. The van der Waals surface area contributed by atoms with E-state index in [1.54, 1.807) is 0 Å². The Morgan fingerprint density at radius 3 is 2.93 bits per heavy atom. The van der Waals surface area contributed by atoms with E-state index in [1.807, 2.05) is 31.2 Å². The first kappa shape index (κ1) is 9.00. The van der Waals surface area contributed by atoms with Crippen molar-refractivity contribution in [3.05, 3.63) is 47.5 Å². The van der Waals surface area contributed by atoms with Gasteiger partial charge in [-0.2, -0.15) is 0 Å². The highest BCUT2D eigenvalue weighted by Crippen LogP contribution is 2.29. The molecule has 1 aromatic carbocycles. The van der Waals surface area contributed by atoms with Crippen LogP contribution in [-0.2, 0) is 0 Å². The molecule has 0 fully saturated rings. The second-order valence-corrected chi connectivity index (χ2v) is 3.77. The van der Waals surface area contributed by atoms with Crippen molar-refractivity contribution in [3.8, 4) is 0 Å². The molecule has 0 bridgehead atoms. The number of amides is 1. The Morgan fingerprint density at radius 2 is 2.21 bits per heavy atom. The van der Waals surface area contributed by atoms with E-state index >= 15 is 0 Å². The van der Waals surface area contributed by atoms with Crippen LogP contribution in [-0.4, -0.2) is 5.91 Å². The average molecular weight is 187 g/mol. The van der Waals surface area contributed by atoms with Crippen LogP contribution in [0.25, 0.3) is 0 Å². The maximum Gasteiger partial charge on any atom is 0.252 e. The molecule has 0 aromatic heterocycles. The molecule has 1 unspecified atom stereocenters. The van der Waals surface area contributed by atoms with E-state index in [0.29, 0.717) is 0 Å². The molecular weight excluding hydrogens is 174 g/mol. The number of hydrogen-bond donors (Lipinski definition) is 1. The summed E-state index contributed by atoms with van der Waals surface area (Å²) >= 11 is 0. The second-order valence-electron chi connectivity index (χ2n) is 3.77. The fraction of sp³-hybridized carbons (Fsp3) is 0.250. The molecule has 0 saturated carbocycles. The number of fused-ring (bicyclic) bond motifs is 1. The lowest BCUT2D eigenvalue weighted by atomic mass is 10.00. The minimum absolute atomic E-state index is 0.0341. The van der Waals surface area contributed by atoms with Crippen LogP contribution >= 0.6 is 0 Å². The molecule has 0 saturated heterocycles. The third-order valence-corrected chi connectivity index (χ3v) is 2.44. The Kier molecular flexibility index (Phi) is 2.12. The predicted octanol–water partition coefficient (Wildman–Crippen LogP) is 2.44. The van der Waals surface area contributed by atoms with Gasteiger partial charge in [0.2, 0.25) is 0 Å². The van der Waals surface area contributed by atoms with Crippen LogP contribution < -0.4 is 5.32 Å². The smallest absolute Gasteiger partial charge is 0.252 e. The van der Waals surface area contributed by atoms with Gasteiger partial charge in [-0.25, -0.2) is 0 Å². The Bertz CT molecular complexity index is 393. The quantitative estimate of drug-likeness (QED) is 0.708. The van der Waals surface area contributed by atoms with Crippen molar-refractivity contribution in [1.82, 2.24) is 5.32 Å². The summed E-state index contributed by atoms with van der Waals surface area (Å²) in [6.07, 6.45) is 0.822. The zero-order valence-electron chi connectivity index (χ0n) is 8.21. The van der Waals surface area contributed by atoms with E-state index < -0.39 is 0 Å². The highest BCUT2D eigenvalue weighted by atomic mass is 16.2. The first-order valence-corrected chi connectivity index (χ1v) is 4.72. The number of hydrogen-bond acceptors (Lipinski definition) is 1. The molecule has 1 aromatic rings. The molecule has 0 aliphatic carbocycles. The molecule has 2 heteroatoms. The Labute approximate surface area is 83.6 Å². The first-order chi connectivity index (χ1) is 6.68. The lowest BCUT2D eigenvalue weighted by Crippen LogP contribution is -2.18. The predicted molar refractivity (Wildman–Crippen MR) is 56.1 cm³/mol. The fourth-order valence-corrected chi connectivity index (χ4v) is 1.83. The van der Waals surface area contributed by atoms with Gasteiger partial charge < -0.3 is 5.32 Å². The molecule has 72 valence electrons. The van der Waals surface area contributed by atoms with Crippen LogP contribution in [0.3, 0.4) is 0 Å². The third kappa shape index (κ3) is 1.43. The number of carbonyl (C=O) groups is 1. The molecule has 0 radical (unpaired) electrons. The van der Waals surface area contributed by atoms with Crippen LogP contribution in [0, 0.1) is 0 Å². The van der Waals surface area contributed by atoms with E-state index in [0.717, 1.165) is 23.1 Å². The van der Waals surface area contributed by atoms with Crippen molar-refractivity contribution in [2.24, 2.45) is 0 Å². The van der Waals surface area contributed by atoms with Gasteiger partial charge in [0.1, 0.15) is 0 Å². The van der Waals surface area contributed by atoms with Crippen molar-refractivity contribution in [2.75, 3.05) is 0 Å². The van der Waals surface area contributed by atoms with E-state index in [-0.39, 0.29) is 11.9 Å². The van der Waals surface area contributed by atoms with Gasteiger partial charge in [-0.15, -0.1) is 6.58 Å². The molecule has 1 aliphatic rings. The summed E-state index contributed by atoms with van der Waals surface area (Å²) in [5, 5.41) is 2.95. The van der Waals surface area contributed by atoms with Gasteiger partial charge in [-0.05, 0) is 25.0 Å². The van der Waals surface area contributed by atoms with Gasteiger partial charge >= 0.3 is 0 Å². The number of rotatable bonds is 2. The van der Waals surface area contributed by atoms with Crippen molar-refractivity contribution < 1.29 is 4.79 Å². The standard InChI is InChI=1S/C12H13NO/c1-8(2)7-11-9-5-3-4-6-10(9)12(14)13-11/h3-6,11H,1,7H2,2H3,(H,13,14). The summed E-state index contributed by atoms with van der Waals surface area (Å²) in [7, 11) is 0. The highest BCUT2D eigenvalue weighted by molar-refractivity contribution is 5.99. The molecule has 14 heavy (non-hydrogen) atoms. The number of nitrogens with one attached hydrogen (secondary N) is 1. The van der Waals surface area contributed by atoms with Crippen molar-refractivity contribution in [2.45, 2.75) is 19.4 Å². The van der Waals surface area contributed by atoms with Gasteiger partial charge in [0, 0.05) is 5.56 Å². The number of carbonyl (C=O) groups excluding carboxylic acids is 1. The minimum Gasteiger partial charge on any atom is -0.345 e. The summed E-state index contributed by atoms with van der Waals surface area (Å²) in [4.78, 5) is 11.5. The molecule has 1 aliphatic heterocycles. The topological polar surface area (TPSA) is 29.1 Å². The first-order valence-electron chi connectivity index (χ1n) is 4.72. The van der Waals surface area contributed by atoms with Crippen LogP contribution in [0.2, 0.25) is 0 Å². The molecule has 1 amide bonds. The normalized spacial score (nSPS) is 18.9. The SMILES string of the molecule is C=C(C)CC1NC(=O)c2ccccc21. The number of benzene rings is 1. The third-order valence-electron chi connectivity index (χ3n) is 2.44. The van der Waals surface area contributed by atoms with Crippen molar-refractivity contribution >= 4 is 5.91 Å². The maximum absolute atomic E-state index is 11.5. The summed E-state index contributed by atoms with van der Waals surface area (Å²) < 4.78 is 0. The van der Waals surface area contributed by atoms with Crippen molar-refractivity contribution in [1.29, 1.82) is 0 Å². The monoisotopic (exact) mass is 187 g/mol. The van der Waals surface area contributed by atoms with Crippen LogP contribution in [0.5, 0.6) is 0 Å². The lowest BCUT2D eigenvalue weighted by Gasteiger charge is -2.10. The fourth-order valence-electron chi connectivity index (χ4n) is 1.83. The van der Waals surface area contributed by atoms with E-state index in [1.165, 1.54) is 0 Å². The highest BCUT2D eigenvalue weighted by Gasteiger charge is 2.27. The van der Waals surface area contributed by atoms with Crippen LogP contribution in [0.4, 0.5) is 0 Å². The molecule has 0 spiro atoms. The Morgan fingerprint density at radius 1 is 1.50 bits per heavy atom. The molecule has 2 rings (SSSR count). The zero-order chi connectivity index (χ0) is 10.1. The van der Waals surface area contributed by atoms with Gasteiger partial charge in [-0.1, -0.05) is 23.8 Å². The summed E-state index contributed by atoms with van der Waals surface area (Å²) in [5.74, 6) is 0.0341. The molecule has 1 heterocycles. The largest absolute Gasteiger partial charge is 0.345 e. The summed E-state index contributed by atoms with van der Waals surface area (Å²) in [5.41, 5.74) is 2.99. The summed E-state index contributed by atoms with van der Waals surface area (Å²) in [6, 6.07) is 7.84. The van der Waals surface area contributed by atoms with Crippen LogP contribution in [0.15, 0.2) is 36.4 Å². The second kappa shape index (κ2) is 3.29. The Balaban J connectivity index is 2.34. The zero-order valence-corrected chi connectivity index (χ0v) is 8.21. The van der Waals surface area contributed by atoms with Crippen LogP contribution in [0.1, 0.15) is 35.3 Å². The molecular formula is C12H13NO. The van der Waals surface area contributed by atoms with Gasteiger partial charge in [0.25, 0.3) is 5.91 Å². The van der Waals surface area contributed by atoms with Crippen molar-refractivity contribution in [3.63, 3.8) is 0 Å².